The first kappa shape index (κ1) is 22.1. The van der Waals surface area contributed by atoms with Crippen LogP contribution in [0.3, 0.4) is 0 Å². The SMILES string of the molecule is CSc1nccc(-c2sc(Br)nc2-c2cc(F)cc(NC(=O)C(C)(C)C)c2Cl)n1. The summed E-state index contributed by atoms with van der Waals surface area (Å²) < 4.78 is 15.0. The summed E-state index contributed by atoms with van der Waals surface area (Å²) in [4.78, 5) is 26.3. The van der Waals surface area contributed by atoms with Crippen molar-refractivity contribution >= 4 is 62.2 Å². The second-order valence-corrected chi connectivity index (χ2v) is 10.5. The van der Waals surface area contributed by atoms with Crippen molar-refractivity contribution < 1.29 is 9.18 Å². The van der Waals surface area contributed by atoms with Gasteiger partial charge in [-0.3, -0.25) is 4.79 Å². The van der Waals surface area contributed by atoms with Gasteiger partial charge in [-0.1, -0.05) is 44.1 Å². The number of carbonyl (C=O) groups excluding carboxylic acids is 1. The number of aromatic nitrogens is 3. The van der Waals surface area contributed by atoms with E-state index < -0.39 is 11.2 Å². The Balaban J connectivity index is 2.14. The van der Waals surface area contributed by atoms with E-state index in [9.17, 15) is 9.18 Å². The molecular formula is C19H17BrClFN4OS2. The van der Waals surface area contributed by atoms with Gasteiger partial charge in [0.15, 0.2) is 9.07 Å². The van der Waals surface area contributed by atoms with Gasteiger partial charge in [0.2, 0.25) is 5.91 Å². The number of hydrogen-bond donors (Lipinski definition) is 1. The molecule has 2 aromatic heterocycles. The fraction of sp³-hybridized carbons (Fsp3) is 0.263. The predicted octanol–water partition coefficient (Wildman–Crippen LogP) is 6.53. The highest BCUT2D eigenvalue weighted by atomic mass is 79.9. The van der Waals surface area contributed by atoms with E-state index in [1.54, 1.807) is 33.0 Å². The van der Waals surface area contributed by atoms with Gasteiger partial charge in [0.25, 0.3) is 0 Å². The summed E-state index contributed by atoms with van der Waals surface area (Å²) in [5, 5.41) is 3.53. The lowest BCUT2D eigenvalue weighted by Crippen LogP contribution is -2.27. The van der Waals surface area contributed by atoms with Gasteiger partial charge in [0, 0.05) is 17.2 Å². The number of halogens is 3. The number of hydrogen-bond acceptors (Lipinski definition) is 6. The van der Waals surface area contributed by atoms with E-state index in [2.05, 4.69) is 36.2 Å². The fourth-order valence-electron chi connectivity index (χ4n) is 2.38. The molecule has 0 aliphatic carbocycles. The fourth-order valence-corrected chi connectivity index (χ4v) is 4.42. The number of nitrogens with one attached hydrogen (secondary N) is 1. The van der Waals surface area contributed by atoms with E-state index >= 15 is 0 Å². The van der Waals surface area contributed by atoms with E-state index in [-0.39, 0.29) is 16.6 Å². The zero-order valence-corrected chi connectivity index (χ0v) is 20.0. The molecule has 0 unspecified atom stereocenters. The molecular weight excluding hydrogens is 499 g/mol. The van der Waals surface area contributed by atoms with Crippen LogP contribution in [0.5, 0.6) is 0 Å². The van der Waals surface area contributed by atoms with Crippen molar-refractivity contribution in [2.24, 2.45) is 5.41 Å². The van der Waals surface area contributed by atoms with E-state index in [1.165, 1.54) is 35.2 Å². The van der Waals surface area contributed by atoms with Crippen molar-refractivity contribution in [1.82, 2.24) is 15.0 Å². The van der Waals surface area contributed by atoms with Crippen LogP contribution in [0.4, 0.5) is 10.1 Å². The van der Waals surface area contributed by atoms with Crippen molar-refractivity contribution in [2.45, 2.75) is 25.9 Å². The zero-order chi connectivity index (χ0) is 21.3. The van der Waals surface area contributed by atoms with Gasteiger partial charge < -0.3 is 5.32 Å². The lowest BCUT2D eigenvalue weighted by molar-refractivity contribution is -0.123. The van der Waals surface area contributed by atoms with E-state index in [0.717, 1.165) is 4.88 Å². The third-order valence-electron chi connectivity index (χ3n) is 3.87. The van der Waals surface area contributed by atoms with Crippen molar-refractivity contribution in [1.29, 1.82) is 0 Å². The Hall–Kier alpha value is -1.55. The molecule has 152 valence electrons. The molecule has 0 aliphatic rings. The maximum Gasteiger partial charge on any atom is 0.229 e. The van der Waals surface area contributed by atoms with Crippen LogP contribution >= 0.6 is 50.6 Å². The molecule has 10 heteroatoms. The molecule has 0 fully saturated rings. The number of thioether (sulfide) groups is 1. The first-order chi connectivity index (χ1) is 13.6. The number of benzene rings is 1. The van der Waals surface area contributed by atoms with E-state index in [1.807, 2.05) is 6.26 Å². The normalized spacial score (nSPS) is 11.6. The first-order valence-electron chi connectivity index (χ1n) is 8.44. The summed E-state index contributed by atoms with van der Waals surface area (Å²) in [6.07, 6.45) is 3.55. The Bertz CT molecular complexity index is 1080. The van der Waals surface area contributed by atoms with E-state index in [0.29, 0.717) is 26.0 Å². The molecule has 1 aromatic carbocycles. The highest BCUT2D eigenvalue weighted by molar-refractivity contribution is 9.11. The van der Waals surface area contributed by atoms with Gasteiger partial charge >= 0.3 is 0 Å². The van der Waals surface area contributed by atoms with Crippen LogP contribution in [0.2, 0.25) is 5.02 Å². The molecule has 0 radical (unpaired) electrons. The van der Waals surface area contributed by atoms with Crippen LogP contribution < -0.4 is 5.32 Å². The van der Waals surface area contributed by atoms with E-state index in [4.69, 9.17) is 11.6 Å². The number of rotatable bonds is 4. The Morgan fingerprint density at radius 2 is 2.03 bits per heavy atom. The minimum Gasteiger partial charge on any atom is -0.324 e. The van der Waals surface area contributed by atoms with Crippen LogP contribution in [0.15, 0.2) is 33.5 Å². The predicted molar refractivity (Wildman–Crippen MR) is 121 cm³/mol. The van der Waals surface area contributed by atoms with Gasteiger partial charge in [0.1, 0.15) is 5.82 Å². The van der Waals surface area contributed by atoms with Crippen molar-refractivity contribution in [3.05, 3.63) is 39.2 Å². The van der Waals surface area contributed by atoms with Crippen LogP contribution in [-0.4, -0.2) is 27.1 Å². The second-order valence-electron chi connectivity index (χ2n) is 7.09. The van der Waals surface area contributed by atoms with Crippen molar-refractivity contribution in [3.8, 4) is 21.8 Å². The average molecular weight is 516 g/mol. The summed E-state index contributed by atoms with van der Waals surface area (Å²) >= 11 is 12.7. The Morgan fingerprint density at radius 1 is 1.31 bits per heavy atom. The molecule has 3 rings (SSSR count). The molecule has 2 heterocycles. The number of nitrogens with zero attached hydrogens (tertiary/aromatic N) is 3. The number of amides is 1. The quantitative estimate of drug-likeness (QED) is 0.316. The smallest absolute Gasteiger partial charge is 0.229 e. The number of anilines is 1. The van der Waals surface area contributed by atoms with Gasteiger partial charge in [-0.15, -0.1) is 11.3 Å². The lowest BCUT2D eigenvalue weighted by Gasteiger charge is -2.19. The van der Waals surface area contributed by atoms with Gasteiger partial charge in [-0.25, -0.2) is 19.3 Å². The molecule has 0 atom stereocenters. The Labute approximate surface area is 189 Å². The highest BCUT2D eigenvalue weighted by Gasteiger charge is 2.25. The summed E-state index contributed by atoms with van der Waals surface area (Å²) in [6.45, 7) is 5.31. The molecule has 0 bridgehead atoms. The van der Waals surface area contributed by atoms with Crippen molar-refractivity contribution in [2.75, 3.05) is 11.6 Å². The van der Waals surface area contributed by atoms with Gasteiger partial charge in [-0.05, 0) is 40.4 Å². The zero-order valence-electron chi connectivity index (χ0n) is 16.0. The Morgan fingerprint density at radius 3 is 2.69 bits per heavy atom. The summed E-state index contributed by atoms with van der Waals surface area (Å²) in [7, 11) is 0. The maximum atomic E-state index is 14.4. The van der Waals surface area contributed by atoms with Crippen LogP contribution in [0, 0.1) is 11.2 Å². The molecule has 0 saturated heterocycles. The number of thiazole rings is 1. The maximum absolute atomic E-state index is 14.4. The first-order valence-corrected chi connectivity index (χ1v) is 11.7. The number of carbonyl (C=O) groups is 1. The van der Waals surface area contributed by atoms with Gasteiger partial charge in [0.05, 0.1) is 27.0 Å². The molecule has 0 spiro atoms. The summed E-state index contributed by atoms with van der Waals surface area (Å²) in [5.41, 5.74) is 1.05. The van der Waals surface area contributed by atoms with Gasteiger partial charge in [-0.2, -0.15) is 0 Å². The topological polar surface area (TPSA) is 67.8 Å². The lowest BCUT2D eigenvalue weighted by atomic mass is 9.95. The second kappa shape index (κ2) is 8.67. The molecule has 5 nitrogen and oxygen atoms in total. The molecule has 3 aromatic rings. The van der Waals surface area contributed by atoms with Crippen LogP contribution in [-0.2, 0) is 4.79 Å². The summed E-state index contributed by atoms with van der Waals surface area (Å²) in [6, 6.07) is 4.27. The molecule has 1 amide bonds. The third kappa shape index (κ3) is 4.96. The molecule has 0 aliphatic heterocycles. The summed E-state index contributed by atoms with van der Waals surface area (Å²) in [5.74, 6) is -0.799. The van der Waals surface area contributed by atoms with Crippen LogP contribution in [0.25, 0.3) is 21.8 Å². The molecule has 0 saturated carbocycles. The minimum absolute atomic E-state index is 0.198. The standard InChI is InChI=1S/C19H17BrClFN4OS2/c1-19(2,3)16(27)24-12-8-9(22)7-10(13(12)21)14-15(29-17(20)26-14)11-5-6-23-18(25-11)28-4/h5-8H,1-4H3,(H,24,27). The molecule has 29 heavy (non-hydrogen) atoms. The van der Waals surface area contributed by atoms with Crippen molar-refractivity contribution in [3.63, 3.8) is 0 Å². The third-order valence-corrected chi connectivity index (χ3v) is 6.37. The Kier molecular flexibility index (Phi) is 6.62. The highest BCUT2D eigenvalue weighted by Crippen LogP contribution is 2.43. The monoisotopic (exact) mass is 514 g/mol. The minimum atomic E-state index is -0.653. The van der Waals surface area contributed by atoms with Crippen LogP contribution in [0.1, 0.15) is 20.8 Å². The average Bonchev–Trinajstić information content (AvgIpc) is 3.05. The largest absolute Gasteiger partial charge is 0.324 e. The molecule has 1 N–H and O–H groups in total.